The summed E-state index contributed by atoms with van der Waals surface area (Å²) < 4.78 is 0. The number of benzene rings is 2. The van der Waals surface area contributed by atoms with Crippen LogP contribution in [0.5, 0.6) is 0 Å². The van der Waals surface area contributed by atoms with Gasteiger partial charge in [-0.3, -0.25) is 10.0 Å². The lowest BCUT2D eigenvalue weighted by Gasteiger charge is -2.28. The molecule has 7 heteroatoms. The third-order valence-corrected chi connectivity index (χ3v) is 4.18. The Bertz CT molecular complexity index is 904. The summed E-state index contributed by atoms with van der Waals surface area (Å²) in [4.78, 5) is 24.8. The number of amides is 2. The molecule has 4 rings (SSSR count). The van der Waals surface area contributed by atoms with Gasteiger partial charge in [-0.2, -0.15) is 0 Å². The Kier molecular flexibility index (Phi) is 3.12. The van der Waals surface area contributed by atoms with E-state index in [-0.39, 0.29) is 16.7 Å². The molecule has 120 valence electrons. The van der Waals surface area contributed by atoms with E-state index >= 15 is 0 Å². The molecule has 1 aliphatic heterocycles. The zero-order chi connectivity index (χ0) is 16.8. The molecule has 7 nitrogen and oxygen atoms in total. The van der Waals surface area contributed by atoms with Crippen molar-refractivity contribution in [2.45, 2.75) is 6.04 Å². The van der Waals surface area contributed by atoms with Crippen LogP contribution in [0.1, 0.15) is 27.5 Å². The number of nitrogens with zero attached hydrogens (tertiary/aromatic N) is 1. The molecule has 1 aliphatic carbocycles. The average Bonchev–Trinajstić information content (AvgIpc) is 2.87. The number of anilines is 1. The van der Waals surface area contributed by atoms with Gasteiger partial charge in [-0.05, 0) is 17.7 Å². The fourth-order valence-corrected chi connectivity index (χ4v) is 3.14. The van der Waals surface area contributed by atoms with E-state index in [1.807, 2.05) is 0 Å². The molecular formula is C17H12N3O4-. The van der Waals surface area contributed by atoms with E-state index in [9.17, 15) is 14.8 Å². The summed E-state index contributed by atoms with van der Waals surface area (Å²) in [5, 5.41) is 25.3. The summed E-state index contributed by atoms with van der Waals surface area (Å²) in [7, 11) is 0. The molecule has 2 amide bonds. The van der Waals surface area contributed by atoms with Crippen LogP contribution in [0.3, 0.4) is 0 Å². The summed E-state index contributed by atoms with van der Waals surface area (Å²) in [5.74, 6) is -0.175. The largest absolute Gasteiger partial charge is 0.733 e. The van der Waals surface area contributed by atoms with E-state index in [1.165, 1.54) is 12.1 Å². The third kappa shape index (κ3) is 2.07. The van der Waals surface area contributed by atoms with Crippen molar-refractivity contribution in [2.24, 2.45) is 0 Å². The summed E-state index contributed by atoms with van der Waals surface area (Å²) in [6.07, 6.45) is 0. The molecule has 0 bridgehead atoms. The Morgan fingerprint density at radius 2 is 1.79 bits per heavy atom. The van der Waals surface area contributed by atoms with Crippen molar-refractivity contribution < 1.29 is 14.8 Å². The minimum atomic E-state index is -0.700. The number of nitrogens with one attached hydrogen (secondary N) is 2. The molecule has 3 N–H and O–H groups in total. The molecule has 2 aromatic rings. The molecule has 0 unspecified atom stereocenters. The fraction of sp³-hybridized carbons (Fsp3) is 0.0588. The van der Waals surface area contributed by atoms with Gasteiger partial charge in [-0.25, -0.2) is 4.79 Å². The Hall–Kier alpha value is -3.16. The standard InChI is InChI=1S/C17H12N3O4/c21-16-12-7-2-1-6-11(12)15-13(16)14(18-17(22)19-15)9-4-3-5-10(8-9)20(23)24/h1-8,14,23H,(H2,18,19,22)/q-1/t14-/m1/s1. The molecule has 1 atom stereocenters. The number of rotatable bonds is 2. The van der Waals surface area contributed by atoms with Crippen LogP contribution in [0.2, 0.25) is 0 Å². The highest BCUT2D eigenvalue weighted by Gasteiger charge is 2.39. The first-order chi connectivity index (χ1) is 11.6. The molecular weight excluding hydrogens is 310 g/mol. The van der Waals surface area contributed by atoms with Crippen LogP contribution < -0.4 is 15.9 Å². The number of fused-ring (bicyclic) bond motifs is 2. The number of carbonyl (C=O) groups is 2. The predicted octanol–water partition coefficient (Wildman–Crippen LogP) is 2.34. The Morgan fingerprint density at radius 1 is 1.04 bits per heavy atom. The average molecular weight is 322 g/mol. The maximum atomic E-state index is 12.8. The summed E-state index contributed by atoms with van der Waals surface area (Å²) in [6.45, 7) is 0. The number of hydrogen-bond acceptors (Lipinski definition) is 5. The lowest BCUT2D eigenvalue weighted by atomic mass is 9.94. The van der Waals surface area contributed by atoms with Gasteiger partial charge >= 0.3 is 6.03 Å². The second kappa shape index (κ2) is 5.19. The molecule has 0 fully saturated rings. The molecule has 0 radical (unpaired) electrons. The van der Waals surface area contributed by atoms with E-state index < -0.39 is 12.1 Å². The second-order valence-electron chi connectivity index (χ2n) is 5.56. The Balaban J connectivity index is 1.86. The molecule has 0 saturated heterocycles. The van der Waals surface area contributed by atoms with Crippen molar-refractivity contribution >= 4 is 23.2 Å². The second-order valence-corrected chi connectivity index (χ2v) is 5.56. The summed E-state index contributed by atoms with van der Waals surface area (Å²) in [5.41, 5.74) is 2.67. The lowest BCUT2D eigenvalue weighted by Crippen LogP contribution is -2.43. The van der Waals surface area contributed by atoms with Crippen LogP contribution in [0.25, 0.3) is 5.70 Å². The fourth-order valence-electron chi connectivity index (χ4n) is 3.14. The normalized spacial score (nSPS) is 18.7. The van der Waals surface area contributed by atoms with Gasteiger partial charge < -0.3 is 21.1 Å². The highest BCUT2D eigenvalue weighted by Crippen LogP contribution is 2.40. The summed E-state index contributed by atoms with van der Waals surface area (Å²) >= 11 is 0. The first kappa shape index (κ1) is 14.4. The van der Waals surface area contributed by atoms with Gasteiger partial charge in [0.1, 0.15) is 0 Å². The Morgan fingerprint density at radius 3 is 2.54 bits per heavy atom. The van der Waals surface area contributed by atoms with Crippen LogP contribution in [0, 0.1) is 5.21 Å². The molecule has 2 aromatic carbocycles. The van der Waals surface area contributed by atoms with E-state index in [0.29, 0.717) is 28.0 Å². The van der Waals surface area contributed by atoms with Crippen molar-refractivity contribution in [3.8, 4) is 0 Å². The van der Waals surface area contributed by atoms with Gasteiger partial charge in [0, 0.05) is 11.1 Å². The van der Waals surface area contributed by atoms with Gasteiger partial charge in [-0.1, -0.05) is 36.4 Å². The SMILES string of the molecule is O=C1NC2=C(C(=O)c3ccccc32)[C@@H](c2cccc(N([O-])O)c2)N1. The van der Waals surface area contributed by atoms with E-state index in [1.54, 1.807) is 36.4 Å². The summed E-state index contributed by atoms with van der Waals surface area (Å²) in [6, 6.07) is 12.0. The van der Waals surface area contributed by atoms with Crippen molar-refractivity contribution in [3.05, 3.63) is 76.0 Å². The zero-order valence-corrected chi connectivity index (χ0v) is 12.3. The Labute approximate surface area is 136 Å². The lowest BCUT2D eigenvalue weighted by molar-refractivity contribution is 0.103. The molecule has 24 heavy (non-hydrogen) atoms. The highest BCUT2D eigenvalue weighted by molar-refractivity contribution is 6.23. The molecule has 0 aromatic heterocycles. The van der Waals surface area contributed by atoms with Crippen molar-refractivity contribution in [1.82, 2.24) is 10.6 Å². The van der Waals surface area contributed by atoms with Crippen LogP contribution in [0.4, 0.5) is 10.5 Å². The van der Waals surface area contributed by atoms with Crippen LogP contribution >= 0.6 is 0 Å². The van der Waals surface area contributed by atoms with Crippen LogP contribution in [-0.4, -0.2) is 17.0 Å². The number of carbonyl (C=O) groups excluding carboxylic acids is 2. The van der Waals surface area contributed by atoms with Crippen molar-refractivity contribution in [1.29, 1.82) is 0 Å². The first-order valence-electron chi connectivity index (χ1n) is 7.28. The highest BCUT2D eigenvalue weighted by atomic mass is 16.8. The van der Waals surface area contributed by atoms with E-state index in [4.69, 9.17) is 5.21 Å². The third-order valence-electron chi connectivity index (χ3n) is 4.18. The van der Waals surface area contributed by atoms with Crippen molar-refractivity contribution in [3.63, 3.8) is 0 Å². The zero-order valence-electron chi connectivity index (χ0n) is 12.3. The van der Waals surface area contributed by atoms with Gasteiger partial charge in [-0.15, -0.1) is 0 Å². The van der Waals surface area contributed by atoms with Gasteiger partial charge in [0.25, 0.3) is 0 Å². The van der Waals surface area contributed by atoms with Crippen LogP contribution in [0.15, 0.2) is 54.1 Å². The van der Waals surface area contributed by atoms with Gasteiger partial charge in [0.05, 0.1) is 23.0 Å². The van der Waals surface area contributed by atoms with E-state index in [2.05, 4.69) is 10.6 Å². The predicted molar refractivity (Wildman–Crippen MR) is 86.2 cm³/mol. The smallest absolute Gasteiger partial charge is 0.320 e. The maximum absolute atomic E-state index is 12.8. The maximum Gasteiger partial charge on any atom is 0.320 e. The monoisotopic (exact) mass is 322 g/mol. The van der Waals surface area contributed by atoms with Crippen LogP contribution in [-0.2, 0) is 0 Å². The topological polar surface area (TPSA) is 105 Å². The minimum Gasteiger partial charge on any atom is -0.733 e. The molecule has 0 saturated carbocycles. The van der Waals surface area contributed by atoms with E-state index in [0.717, 1.165) is 0 Å². The number of ketones is 1. The number of Topliss-reactive ketones (excluding diaryl/α,β-unsaturated/α-hetero) is 1. The quantitative estimate of drug-likeness (QED) is 0.736. The number of urea groups is 1. The molecule has 1 heterocycles. The van der Waals surface area contributed by atoms with Crippen molar-refractivity contribution in [2.75, 3.05) is 5.23 Å². The number of hydrogen-bond donors (Lipinski definition) is 3. The minimum absolute atomic E-state index is 0.0189. The molecule has 0 spiro atoms. The first-order valence-corrected chi connectivity index (χ1v) is 7.28. The van der Waals surface area contributed by atoms with Gasteiger partial charge in [0.15, 0.2) is 5.78 Å². The molecule has 2 aliphatic rings. The van der Waals surface area contributed by atoms with Gasteiger partial charge in [0.2, 0.25) is 0 Å².